The predicted octanol–water partition coefficient (Wildman–Crippen LogP) is 1.79. The SMILES string of the molecule is Cc1cc(C(N)CCC(=O)O)cc2c1OCC2. The summed E-state index contributed by atoms with van der Waals surface area (Å²) >= 11 is 0. The van der Waals surface area contributed by atoms with Crippen LogP contribution in [0.2, 0.25) is 0 Å². The molecule has 0 fully saturated rings. The van der Waals surface area contributed by atoms with Gasteiger partial charge in [-0.1, -0.05) is 12.1 Å². The molecule has 0 amide bonds. The second-order valence-corrected chi connectivity index (χ2v) is 4.46. The van der Waals surface area contributed by atoms with Crippen LogP contribution in [0.15, 0.2) is 12.1 Å². The van der Waals surface area contributed by atoms with Gasteiger partial charge in [-0.15, -0.1) is 0 Å². The van der Waals surface area contributed by atoms with E-state index in [2.05, 4.69) is 0 Å². The van der Waals surface area contributed by atoms with Crippen molar-refractivity contribution >= 4 is 5.97 Å². The van der Waals surface area contributed by atoms with Gasteiger partial charge in [0, 0.05) is 18.9 Å². The summed E-state index contributed by atoms with van der Waals surface area (Å²) in [5.74, 6) is 0.167. The molecule has 1 unspecified atom stereocenters. The third kappa shape index (κ3) is 2.58. The van der Waals surface area contributed by atoms with Crippen molar-refractivity contribution in [3.05, 3.63) is 28.8 Å². The Hall–Kier alpha value is -1.55. The van der Waals surface area contributed by atoms with Gasteiger partial charge in [-0.3, -0.25) is 4.79 Å². The number of ether oxygens (including phenoxy) is 1. The van der Waals surface area contributed by atoms with Gasteiger partial charge in [0.25, 0.3) is 0 Å². The molecule has 1 atom stereocenters. The van der Waals surface area contributed by atoms with Crippen LogP contribution < -0.4 is 10.5 Å². The largest absolute Gasteiger partial charge is 0.493 e. The Morgan fingerprint density at radius 2 is 2.35 bits per heavy atom. The Balaban J connectivity index is 2.16. The molecule has 1 aliphatic heterocycles. The van der Waals surface area contributed by atoms with Crippen molar-refractivity contribution in [2.75, 3.05) is 6.61 Å². The summed E-state index contributed by atoms with van der Waals surface area (Å²) < 4.78 is 5.53. The maximum absolute atomic E-state index is 10.5. The lowest BCUT2D eigenvalue weighted by Gasteiger charge is -2.13. The van der Waals surface area contributed by atoms with E-state index in [1.807, 2.05) is 19.1 Å². The van der Waals surface area contributed by atoms with Crippen molar-refractivity contribution in [1.29, 1.82) is 0 Å². The van der Waals surface area contributed by atoms with E-state index in [1.54, 1.807) is 0 Å². The van der Waals surface area contributed by atoms with Gasteiger partial charge in [-0.05, 0) is 30.0 Å². The number of carboxylic acid groups (broad SMARTS) is 1. The molecular formula is C13H17NO3. The minimum atomic E-state index is -0.804. The van der Waals surface area contributed by atoms with Crippen LogP contribution in [0.1, 0.15) is 35.6 Å². The van der Waals surface area contributed by atoms with E-state index < -0.39 is 5.97 Å². The Morgan fingerprint density at radius 3 is 3.06 bits per heavy atom. The van der Waals surface area contributed by atoms with Crippen LogP contribution in [-0.4, -0.2) is 17.7 Å². The molecule has 0 saturated carbocycles. The molecule has 4 heteroatoms. The fourth-order valence-corrected chi connectivity index (χ4v) is 2.19. The van der Waals surface area contributed by atoms with Gasteiger partial charge < -0.3 is 15.6 Å². The summed E-state index contributed by atoms with van der Waals surface area (Å²) in [6, 6.07) is 3.83. The maximum Gasteiger partial charge on any atom is 0.303 e. The number of benzene rings is 1. The normalized spacial score (nSPS) is 15.2. The number of aryl methyl sites for hydroxylation is 1. The van der Waals surface area contributed by atoms with Crippen LogP contribution in [0.3, 0.4) is 0 Å². The highest BCUT2D eigenvalue weighted by Gasteiger charge is 2.18. The van der Waals surface area contributed by atoms with E-state index in [9.17, 15) is 4.79 Å². The number of hydrogen-bond acceptors (Lipinski definition) is 3. The van der Waals surface area contributed by atoms with E-state index in [0.717, 1.165) is 29.9 Å². The number of aliphatic carboxylic acids is 1. The van der Waals surface area contributed by atoms with Crippen LogP contribution in [-0.2, 0) is 11.2 Å². The Morgan fingerprint density at radius 1 is 1.59 bits per heavy atom. The minimum absolute atomic E-state index is 0.105. The van der Waals surface area contributed by atoms with Crippen LogP contribution in [0.4, 0.5) is 0 Å². The van der Waals surface area contributed by atoms with Gasteiger partial charge in [-0.25, -0.2) is 0 Å². The summed E-state index contributed by atoms with van der Waals surface area (Å²) in [4.78, 5) is 10.5. The molecule has 92 valence electrons. The first-order valence-corrected chi connectivity index (χ1v) is 5.81. The van der Waals surface area contributed by atoms with Crippen molar-refractivity contribution in [3.8, 4) is 5.75 Å². The third-order valence-corrected chi connectivity index (χ3v) is 3.09. The fourth-order valence-electron chi connectivity index (χ4n) is 2.19. The smallest absolute Gasteiger partial charge is 0.303 e. The monoisotopic (exact) mass is 235 g/mol. The first kappa shape index (κ1) is 11.9. The van der Waals surface area contributed by atoms with Crippen molar-refractivity contribution in [2.24, 2.45) is 5.73 Å². The first-order chi connectivity index (χ1) is 8.08. The molecule has 2 rings (SSSR count). The fraction of sp³-hybridized carbons (Fsp3) is 0.462. The summed E-state index contributed by atoms with van der Waals surface area (Å²) in [6.07, 6.45) is 1.48. The summed E-state index contributed by atoms with van der Waals surface area (Å²) in [6.45, 7) is 2.72. The second kappa shape index (κ2) is 4.75. The molecule has 0 bridgehead atoms. The molecular weight excluding hydrogens is 218 g/mol. The zero-order valence-corrected chi connectivity index (χ0v) is 9.90. The average molecular weight is 235 g/mol. The average Bonchev–Trinajstić information content (AvgIpc) is 2.74. The summed E-state index contributed by atoms with van der Waals surface area (Å²) in [5, 5.41) is 8.64. The Bertz CT molecular complexity index is 443. The highest BCUT2D eigenvalue weighted by molar-refractivity contribution is 5.66. The summed E-state index contributed by atoms with van der Waals surface area (Å²) in [5.41, 5.74) is 9.28. The van der Waals surface area contributed by atoms with Gasteiger partial charge in [0.1, 0.15) is 5.75 Å². The predicted molar refractivity (Wildman–Crippen MR) is 64.2 cm³/mol. The van der Waals surface area contributed by atoms with E-state index in [0.29, 0.717) is 6.42 Å². The number of carbonyl (C=O) groups is 1. The van der Waals surface area contributed by atoms with Gasteiger partial charge in [0.05, 0.1) is 6.61 Å². The molecule has 1 aromatic rings. The van der Waals surface area contributed by atoms with Gasteiger partial charge in [0.15, 0.2) is 0 Å². The number of fused-ring (bicyclic) bond motifs is 1. The molecule has 17 heavy (non-hydrogen) atoms. The molecule has 0 aliphatic carbocycles. The molecule has 0 spiro atoms. The van der Waals surface area contributed by atoms with Gasteiger partial charge in [-0.2, -0.15) is 0 Å². The van der Waals surface area contributed by atoms with Crippen LogP contribution >= 0.6 is 0 Å². The van der Waals surface area contributed by atoms with Gasteiger partial charge >= 0.3 is 5.97 Å². The lowest BCUT2D eigenvalue weighted by Crippen LogP contribution is -2.12. The van der Waals surface area contributed by atoms with Crippen LogP contribution in [0.5, 0.6) is 5.75 Å². The summed E-state index contributed by atoms with van der Waals surface area (Å²) in [7, 11) is 0. The van der Waals surface area contributed by atoms with E-state index >= 15 is 0 Å². The van der Waals surface area contributed by atoms with Crippen molar-refractivity contribution in [3.63, 3.8) is 0 Å². The zero-order chi connectivity index (χ0) is 12.4. The topological polar surface area (TPSA) is 72.6 Å². The highest BCUT2D eigenvalue weighted by atomic mass is 16.5. The number of nitrogens with two attached hydrogens (primary N) is 1. The molecule has 0 radical (unpaired) electrons. The van der Waals surface area contributed by atoms with Crippen molar-refractivity contribution in [2.45, 2.75) is 32.2 Å². The zero-order valence-electron chi connectivity index (χ0n) is 9.90. The Labute approximate surface area is 100 Å². The van der Waals surface area contributed by atoms with Gasteiger partial charge in [0.2, 0.25) is 0 Å². The highest BCUT2D eigenvalue weighted by Crippen LogP contribution is 2.32. The lowest BCUT2D eigenvalue weighted by molar-refractivity contribution is -0.137. The van der Waals surface area contributed by atoms with Crippen LogP contribution in [0, 0.1) is 6.92 Å². The number of rotatable bonds is 4. The second-order valence-electron chi connectivity index (χ2n) is 4.46. The molecule has 4 nitrogen and oxygen atoms in total. The molecule has 0 saturated heterocycles. The standard InChI is InChI=1S/C13H17NO3/c1-8-6-10(11(14)2-3-12(15)16)7-9-4-5-17-13(8)9/h6-7,11H,2-5,14H2,1H3,(H,15,16). The third-order valence-electron chi connectivity index (χ3n) is 3.09. The quantitative estimate of drug-likeness (QED) is 0.834. The van der Waals surface area contributed by atoms with Crippen molar-refractivity contribution in [1.82, 2.24) is 0 Å². The molecule has 3 N–H and O–H groups in total. The van der Waals surface area contributed by atoms with E-state index in [4.69, 9.17) is 15.6 Å². The molecule has 1 aliphatic rings. The molecule has 1 heterocycles. The molecule has 0 aromatic heterocycles. The minimum Gasteiger partial charge on any atom is -0.493 e. The van der Waals surface area contributed by atoms with Crippen molar-refractivity contribution < 1.29 is 14.6 Å². The first-order valence-electron chi connectivity index (χ1n) is 5.81. The van der Waals surface area contributed by atoms with Crippen LogP contribution in [0.25, 0.3) is 0 Å². The number of carboxylic acids is 1. The molecule has 1 aromatic carbocycles. The lowest BCUT2D eigenvalue weighted by atomic mass is 9.97. The number of hydrogen-bond donors (Lipinski definition) is 2. The Kier molecular flexibility index (Phi) is 3.33. The maximum atomic E-state index is 10.5. The van der Waals surface area contributed by atoms with E-state index in [1.165, 1.54) is 5.56 Å². The van der Waals surface area contributed by atoms with E-state index in [-0.39, 0.29) is 12.5 Å².